The van der Waals surface area contributed by atoms with Crippen molar-refractivity contribution in [3.63, 3.8) is 0 Å². The smallest absolute Gasteiger partial charge is 0.254 e. The fourth-order valence-corrected chi connectivity index (χ4v) is 5.60. The maximum atomic E-state index is 13.0. The second-order valence-corrected chi connectivity index (χ2v) is 8.73. The lowest BCUT2D eigenvalue weighted by Gasteiger charge is -2.37. The van der Waals surface area contributed by atoms with E-state index in [0.717, 1.165) is 28.3 Å². The number of rotatable bonds is 5. The molecular formula is C25H22N2O3. The number of imide groups is 1. The molecule has 7 rings (SSSR count). The number of hydrogen-bond donors (Lipinski definition) is 0. The number of benzene rings is 2. The van der Waals surface area contributed by atoms with Crippen LogP contribution in [0.2, 0.25) is 0 Å². The normalized spacial score (nSPS) is 33.1. The molecule has 6 atom stereocenters. The van der Waals surface area contributed by atoms with E-state index in [2.05, 4.69) is 17.3 Å². The molecule has 0 N–H and O–H groups in total. The zero-order valence-corrected chi connectivity index (χ0v) is 16.4. The van der Waals surface area contributed by atoms with E-state index in [1.807, 2.05) is 54.6 Å². The van der Waals surface area contributed by atoms with Crippen molar-refractivity contribution in [1.29, 1.82) is 0 Å². The highest BCUT2D eigenvalue weighted by Crippen LogP contribution is 2.65. The topological polar surface area (TPSA) is 59.0 Å². The van der Waals surface area contributed by atoms with Gasteiger partial charge in [0.1, 0.15) is 12.4 Å². The maximum absolute atomic E-state index is 13.0. The highest BCUT2D eigenvalue weighted by atomic mass is 16.5. The molecule has 2 bridgehead atoms. The third kappa shape index (κ3) is 2.72. The van der Waals surface area contributed by atoms with Gasteiger partial charge in [-0.1, -0.05) is 54.6 Å². The summed E-state index contributed by atoms with van der Waals surface area (Å²) in [4.78, 5) is 26.0. The standard InChI is InChI=1S/C25H22N2O3/c28-24-22-18-9-10-19(21-12-20(18)21)23(22)25(29)27(24)26-13-16-7-4-8-17(11-16)30-14-15-5-2-1-3-6-15/h1-11,13,18-23H,12,14H2/b26-13-/t18-,19-,20-,21-,22+,23+/m0/s1. The Hall–Kier alpha value is -3.21. The first-order chi connectivity index (χ1) is 14.7. The van der Waals surface area contributed by atoms with E-state index in [4.69, 9.17) is 4.74 Å². The number of hydrazone groups is 1. The number of nitrogens with zero attached hydrogens (tertiary/aromatic N) is 2. The van der Waals surface area contributed by atoms with E-state index in [1.54, 1.807) is 6.21 Å². The lowest BCUT2D eigenvalue weighted by Crippen LogP contribution is -2.40. The Morgan fingerprint density at radius 3 is 2.33 bits per heavy atom. The first kappa shape index (κ1) is 17.6. The first-order valence-corrected chi connectivity index (χ1v) is 10.6. The average molecular weight is 398 g/mol. The molecule has 30 heavy (non-hydrogen) atoms. The van der Waals surface area contributed by atoms with Crippen LogP contribution in [0, 0.1) is 35.5 Å². The van der Waals surface area contributed by atoms with Crippen LogP contribution in [0.4, 0.5) is 0 Å². The van der Waals surface area contributed by atoms with Gasteiger partial charge in [0.05, 0.1) is 18.1 Å². The highest BCUT2D eigenvalue weighted by molar-refractivity contribution is 6.06. The fraction of sp³-hybridized carbons (Fsp3) is 0.320. The van der Waals surface area contributed by atoms with E-state index in [-0.39, 0.29) is 35.5 Å². The molecule has 1 heterocycles. The summed E-state index contributed by atoms with van der Waals surface area (Å²) in [6.45, 7) is 0.478. The van der Waals surface area contributed by atoms with Crippen LogP contribution in [0.3, 0.4) is 0 Å². The molecule has 4 aliphatic carbocycles. The van der Waals surface area contributed by atoms with Gasteiger partial charge < -0.3 is 4.74 Å². The molecule has 150 valence electrons. The van der Waals surface area contributed by atoms with Gasteiger partial charge in [0.2, 0.25) is 0 Å². The molecule has 3 fully saturated rings. The van der Waals surface area contributed by atoms with Crippen molar-refractivity contribution in [3.05, 3.63) is 77.9 Å². The van der Waals surface area contributed by atoms with Crippen molar-refractivity contribution in [2.75, 3.05) is 0 Å². The summed E-state index contributed by atoms with van der Waals surface area (Å²) in [6, 6.07) is 17.5. The Kier molecular flexibility index (Phi) is 3.91. The van der Waals surface area contributed by atoms with E-state index < -0.39 is 0 Å². The van der Waals surface area contributed by atoms with Crippen LogP contribution in [0.15, 0.2) is 71.9 Å². The molecule has 1 aliphatic heterocycles. The zero-order chi connectivity index (χ0) is 20.2. The number of hydrogen-bond acceptors (Lipinski definition) is 4. The number of ether oxygens (including phenoxy) is 1. The predicted molar refractivity (Wildman–Crippen MR) is 111 cm³/mol. The first-order valence-electron chi connectivity index (χ1n) is 10.6. The maximum Gasteiger partial charge on any atom is 0.254 e. The van der Waals surface area contributed by atoms with Crippen molar-refractivity contribution in [2.45, 2.75) is 13.0 Å². The fourth-order valence-electron chi connectivity index (χ4n) is 5.60. The monoisotopic (exact) mass is 398 g/mol. The van der Waals surface area contributed by atoms with E-state index >= 15 is 0 Å². The third-order valence-electron chi connectivity index (χ3n) is 7.07. The molecular weight excluding hydrogens is 376 g/mol. The number of carbonyl (C=O) groups excluding carboxylic acids is 2. The number of allylic oxidation sites excluding steroid dienone is 2. The van der Waals surface area contributed by atoms with Crippen molar-refractivity contribution in [1.82, 2.24) is 5.01 Å². The van der Waals surface area contributed by atoms with E-state index in [1.165, 1.54) is 0 Å². The summed E-state index contributed by atoms with van der Waals surface area (Å²) in [5.41, 5.74) is 1.88. The van der Waals surface area contributed by atoms with Gasteiger partial charge in [0.15, 0.2) is 0 Å². The Balaban J connectivity index is 1.17. The van der Waals surface area contributed by atoms with Gasteiger partial charge in [-0.2, -0.15) is 10.1 Å². The van der Waals surface area contributed by atoms with Crippen molar-refractivity contribution in [3.8, 4) is 5.75 Å². The summed E-state index contributed by atoms with van der Waals surface area (Å²) in [7, 11) is 0. The summed E-state index contributed by atoms with van der Waals surface area (Å²) in [5, 5.41) is 5.42. The van der Waals surface area contributed by atoms with E-state index in [0.29, 0.717) is 18.4 Å². The lowest BCUT2D eigenvalue weighted by atomic mass is 9.63. The molecule has 0 spiro atoms. The van der Waals surface area contributed by atoms with Crippen LogP contribution in [-0.4, -0.2) is 23.0 Å². The van der Waals surface area contributed by atoms with Crippen LogP contribution in [0.5, 0.6) is 5.75 Å². The van der Waals surface area contributed by atoms with Gasteiger partial charge in [-0.25, -0.2) is 0 Å². The molecule has 0 unspecified atom stereocenters. The van der Waals surface area contributed by atoms with Gasteiger partial charge in [0.25, 0.3) is 11.8 Å². The van der Waals surface area contributed by atoms with Crippen molar-refractivity contribution in [2.24, 2.45) is 40.6 Å². The van der Waals surface area contributed by atoms with Gasteiger partial charge in [-0.15, -0.1) is 0 Å². The van der Waals surface area contributed by atoms with Gasteiger partial charge in [0, 0.05) is 0 Å². The Morgan fingerprint density at radius 1 is 0.933 bits per heavy atom. The van der Waals surface area contributed by atoms with Crippen LogP contribution >= 0.6 is 0 Å². The Labute approximate surface area is 175 Å². The van der Waals surface area contributed by atoms with Gasteiger partial charge in [-0.05, 0) is 53.4 Å². The van der Waals surface area contributed by atoms with Crippen LogP contribution in [0.25, 0.3) is 0 Å². The lowest BCUT2D eigenvalue weighted by molar-refractivity contribution is -0.140. The number of carbonyl (C=O) groups is 2. The van der Waals surface area contributed by atoms with Crippen LogP contribution in [0.1, 0.15) is 17.5 Å². The summed E-state index contributed by atoms with van der Waals surface area (Å²) in [6.07, 6.45) is 7.09. The minimum atomic E-state index is -0.214. The molecule has 1 saturated heterocycles. The summed E-state index contributed by atoms with van der Waals surface area (Å²) >= 11 is 0. The molecule has 5 heteroatoms. The van der Waals surface area contributed by atoms with Crippen LogP contribution in [-0.2, 0) is 16.2 Å². The Bertz CT molecular complexity index is 1040. The minimum Gasteiger partial charge on any atom is -0.489 e. The highest BCUT2D eigenvalue weighted by Gasteiger charge is 2.67. The molecule has 2 aromatic carbocycles. The molecule has 2 amide bonds. The van der Waals surface area contributed by atoms with E-state index in [9.17, 15) is 9.59 Å². The molecule has 0 aromatic heterocycles. The van der Waals surface area contributed by atoms with Crippen molar-refractivity contribution >= 4 is 18.0 Å². The second-order valence-electron chi connectivity index (χ2n) is 8.73. The largest absolute Gasteiger partial charge is 0.489 e. The summed E-state index contributed by atoms with van der Waals surface area (Å²) < 4.78 is 5.86. The second kappa shape index (κ2) is 6.66. The molecule has 2 aromatic rings. The molecule has 2 saturated carbocycles. The molecule has 5 nitrogen and oxygen atoms in total. The average Bonchev–Trinajstić information content (AvgIpc) is 3.57. The van der Waals surface area contributed by atoms with Gasteiger partial charge in [-0.3, -0.25) is 9.59 Å². The SMILES string of the molecule is O=C1[C@@H]2[C@H]3C=C[C@@H]([C@@H]4C[C@@H]34)[C@H]2C(=O)N1/N=C\c1cccc(OCc2ccccc2)c1. The quantitative estimate of drug-likeness (QED) is 0.439. The zero-order valence-electron chi connectivity index (χ0n) is 16.4. The van der Waals surface area contributed by atoms with Crippen molar-refractivity contribution < 1.29 is 14.3 Å². The predicted octanol–water partition coefficient (Wildman–Crippen LogP) is 3.65. The minimum absolute atomic E-state index is 0.137. The Morgan fingerprint density at radius 2 is 1.63 bits per heavy atom. The number of amides is 2. The molecule has 0 radical (unpaired) electrons. The summed E-state index contributed by atoms with van der Waals surface area (Å²) in [5.74, 6) is 1.65. The molecule has 5 aliphatic rings. The third-order valence-corrected chi connectivity index (χ3v) is 7.07. The van der Waals surface area contributed by atoms with Crippen LogP contribution < -0.4 is 4.74 Å². The van der Waals surface area contributed by atoms with Gasteiger partial charge >= 0.3 is 0 Å².